The van der Waals surface area contributed by atoms with Crippen molar-refractivity contribution in [2.24, 2.45) is 0 Å². The monoisotopic (exact) mass is 1070 g/mol. The van der Waals surface area contributed by atoms with Gasteiger partial charge in [-0.25, -0.2) is 0 Å². The first-order chi connectivity index (χ1) is 37.5. The summed E-state index contributed by atoms with van der Waals surface area (Å²) in [5, 5.41) is 44.2. The Kier molecular flexibility index (Phi) is 63.1. The standard InChI is InChI=1S/C70H135NO5/c1-3-5-7-9-11-13-15-17-19-21-23-25-27-29-31-32-33-34-35-36-37-38-40-42-44-46-48-50-52-54-56-58-60-62-64-68(74)70(76)71-66(65-72)69(75)67(73)63-61-59-57-55-53-51-49-47-45-43-41-39-30-28-26-24-22-20-18-16-14-12-10-8-6-4-2/h27,29,32-33,55,57,66-69,72-75H,3-26,28,30-31,34-54,56,58-65H2,1-2H3,(H,71,76)/b29-27-,33-32-,57-55+. The van der Waals surface area contributed by atoms with E-state index in [1.54, 1.807) is 0 Å². The predicted octanol–water partition coefficient (Wildman–Crippen LogP) is 21.1. The summed E-state index contributed by atoms with van der Waals surface area (Å²) >= 11 is 0. The van der Waals surface area contributed by atoms with E-state index < -0.39 is 36.9 Å². The SMILES string of the molecule is CCCCCCCCCCCCC/C=C\C/C=C\CCCCCCCCCCCCCCCCCCC(O)C(=O)NC(CO)C(O)C(O)CCC/C=C/CCCCCCCCCCCCCCCCCCCCCCC. The number of carbonyl (C=O) groups is 1. The van der Waals surface area contributed by atoms with Gasteiger partial charge >= 0.3 is 0 Å². The zero-order chi connectivity index (χ0) is 55.1. The molecule has 0 saturated carbocycles. The molecule has 0 heterocycles. The molecule has 0 fully saturated rings. The third-order valence-electron chi connectivity index (χ3n) is 16.3. The lowest BCUT2D eigenvalue weighted by molar-refractivity contribution is -0.132. The number of aliphatic hydroxyl groups is 4. The Balaban J connectivity index is 3.57. The third-order valence-corrected chi connectivity index (χ3v) is 16.3. The van der Waals surface area contributed by atoms with Crippen LogP contribution in [-0.4, -0.2) is 57.3 Å². The minimum atomic E-state index is -1.28. The van der Waals surface area contributed by atoms with Gasteiger partial charge < -0.3 is 25.7 Å². The molecule has 0 aliphatic rings. The van der Waals surface area contributed by atoms with E-state index in [9.17, 15) is 25.2 Å². The maximum Gasteiger partial charge on any atom is 0.249 e. The Hall–Kier alpha value is -1.47. The van der Waals surface area contributed by atoms with Crippen LogP contribution in [0.3, 0.4) is 0 Å². The largest absolute Gasteiger partial charge is 0.394 e. The van der Waals surface area contributed by atoms with Crippen molar-refractivity contribution >= 4 is 5.91 Å². The van der Waals surface area contributed by atoms with Gasteiger partial charge in [0.1, 0.15) is 12.2 Å². The predicted molar refractivity (Wildman–Crippen MR) is 334 cm³/mol. The molecule has 0 saturated heterocycles. The van der Waals surface area contributed by atoms with Gasteiger partial charge in [0.15, 0.2) is 0 Å². The van der Waals surface area contributed by atoms with Crippen molar-refractivity contribution in [3.8, 4) is 0 Å². The van der Waals surface area contributed by atoms with Crippen LogP contribution in [0.15, 0.2) is 36.5 Å². The van der Waals surface area contributed by atoms with Crippen molar-refractivity contribution in [1.29, 1.82) is 0 Å². The van der Waals surface area contributed by atoms with Crippen LogP contribution in [0, 0.1) is 0 Å². The molecule has 1 amide bonds. The van der Waals surface area contributed by atoms with Gasteiger partial charge in [-0.2, -0.15) is 0 Å². The fourth-order valence-electron chi connectivity index (χ4n) is 11.0. The second-order valence-electron chi connectivity index (χ2n) is 23.9. The molecule has 5 N–H and O–H groups in total. The molecular formula is C70H135NO5. The number of carbonyl (C=O) groups excluding carboxylic acids is 1. The van der Waals surface area contributed by atoms with E-state index in [1.807, 2.05) is 0 Å². The van der Waals surface area contributed by atoms with Gasteiger partial charge in [0.25, 0.3) is 0 Å². The summed E-state index contributed by atoms with van der Waals surface area (Å²) in [4.78, 5) is 12.7. The van der Waals surface area contributed by atoms with Crippen LogP contribution < -0.4 is 5.32 Å². The van der Waals surface area contributed by atoms with Gasteiger partial charge in [-0.05, 0) is 70.6 Å². The molecule has 0 rings (SSSR count). The van der Waals surface area contributed by atoms with E-state index in [1.165, 1.54) is 302 Å². The smallest absolute Gasteiger partial charge is 0.249 e. The molecule has 0 bridgehead atoms. The summed E-state index contributed by atoms with van der Waals surface area (Å²) in [5.74, 6) is -0.588. The van der Waals surface area contributed by atoms with Gasteiger partial charge in [0, 0.05) is 0 Å². The molecular weight excluding hydrogens is 935 g/mol. The normalized spacial score (nSPS) is 13.7. The number of hydrogen-bond donors (Lipinski definition) is 5. The number of unbranched alkanes of at least 4 members (excludes halogenated alkanes) is 49. The first kappa shape index (κ1) is 74.5. The molecule has 6 heteroatoms. The van der Waals surface area contributed by atoms with Crippen LogP contribution >= 0.6 is 0 Å². The topological polar surface area (TPSA) is 110 Å². The van der Waals surface area contributed by atoms with Gasteiger partial charge in [0.2, 0.25) is 5.91 Å². The second-order valence-corrected chi connectivity index (χ2v) is 23.9. The molecule has 76 heavy (non-hydrogen) atoms. The van der Waals surface area contributed by atoms with Crippen LogP contribution in [0.25, 0.3) is 0 Å². The van der Waals surface area contributed by atoms with E-state index in [-0.39, 0.29) is 0 Å². The van der Waals surface area contributed by atoms with Crippen molar-refractivity contribution in [2.45, 2.75) is 398 Å². The van der Waals surface area contributed by atoms with Crippen molar-refractivity contribution < 1.29 is 25.2 Å². The van der Waals surface area contributed by atoms with E-state index in [0.29, 0.717) is 12.8 Å². The van der Waals surface area contributed by atoms with Crippen LogP contribution in [0.1, 0.15) is 373 Å². The van der Waals surface area contributed by atoms with Gasteiger partial charge in [-0.15, -0.1) is 0 Å². The zero-order valence-corrected chi connectivity index (χ0v) is 51.3. The van der Waals surface area contributed by atoms with Crippen molar-refractivity contribution in [1.82, 2.24) is 5.32 Å². The van der Waals surface area contributed by atoms with Crippen molar-refractivity contribution in [2.75, 3.05) is 6.61 Å². The molecule has 450 valence electrons. The molecule has 0 radical (unpaired) electrons. The van der Waals surface area contributed by atoms with E-state index >= 15 is 0 Å². The van der Waals surface area contributed by atoms with E-state index in [4.69, 9.17) is 0 Å². The molecule has 0 aromatic rings. The number of amides is 1. The average molecular weight is 1070 g/mol. The molecule has 0 aromatic carbocycles. The lowest BCUT2D eigenvalue weighted by Crippen LogP contribution is -2.53. The minimum absolute atomic E-state index is 0.365. The summed E-state index contributed by atoms with van der Waals surface area (Å²) in [6, 6.07) is -1.00. The minimum Gasteiger partial charge on any atom is -0.394 e. The highest BCUT2D eigenvalue weighted by atomic mass is 16.3. The molecule has 0 aromatic heterocycles. The zero-order valence-electron chi connectivity index (χ0n) is 51.3. The number of allylic oxidation sites excluding steroid dienone is 6. The highest BCUT2D eigenvalue weighted by Crippen LogP contribution is 2.19. The van der Waals surface area contributed by atoms with Crippen molar-refractivity contribution in [3.63, 3.8) is 0 Å². The fourth-order valence-corrected chi connectivity index (χ4v) is 11.0. The van der Waals surface area contributed by atoms with Crippen molar-refractivity contribution in [3.05, 3.63) is 36.5 Å². The Morgan fingerprint density at radius 3 is 0.868 bits per heavy atom. The molecule has 4 atom stereocenters. The first-order valence-corrected chi connectivity index (χ1v) is 34.4. The fraction of sp³-hybridized carbons (Fsp3) is 0.900. The van der Waals surface area contributed by atoms with Gasteiger partial charge in [-0.3, -0.25) is 4.79 Å². The Morgan fingerprint density at radius 1 is 0.329 bits per heavy atom. The van der Waals surface area contributed by atoms with Crippen LogP contribution in [0.2, 0.25) is 0 Å². The Labute approximate surface area is 475 Å². The summed E-state index contributed by atoms with van der Waals surface area (Å²) in [6.45, 7) is 4.09. The molecule has 4 unspecified atom stereocenters. The van der Waals surface area contributed by atoms with Crippen LogP contribution in [-0.2, 0) is 4.79 Å². The molecule has 6 nitrogen and oxygen atoms in total. The number of nitrogens with one attached hydrogen (secondary N) is 1. The first-order valence-electron chi connectivity index (χ1n) is 34.4. The third kappa shape index (κ3) is 57.2. The number of aliphatic hydroxyl groups excluding tert-OH is 4. The lowest BCUT2D eigenvalue weighted by Gasteiger charge is -2.27. The summed E-state index contributed by atoms with van der Waals surface area (Å²) in [5.41, 5.74) is 0. The molecule has 0 aliphatic carbocycles. The quantitative estimate of drug-likeness (QED) is 0.0308. The lowest BCUT2D eigenvalue weighted by atomic mass is 10.00. The van der Waals surface area contributed by atoms with Gasteiger partial charge in [0.05, 0.1) is 18.8 Å². The molecule has 0 aliphatic heterocycles. The maximum absolute atomic E-state index is 12.7. The second kappa shape index (κ2) is 64.4. The van der Waals surface area contributed by atoms with E-state index in [0.717, 1.165) is 44.9 Å². The Morgan fingerprint density at radius 2 is 0.579 bits per heavy atom. The van der Waals surface area contributed by atoms with Crippen LogP contribution in [0.4, 0.5) is 0 Å². The summed E-state index contributed by atoms with van der Waals surface area (Å²) < 4.78 is 0. The van der Waals surface area contributed by atoms with Gasteiger partial charge in [-0.1, -0.05) is 339 Å². The van der Waals surface area contributed by atoms with E-state index in [2.05, 4.69) is 55.6 Å². The highest BCUT2D eigenvalue weighted by molar-refractivity contribution is 5.80. The number of rotatable bonds is 64. The maximum atomic E-state index is 12.7. The summed E-state index contributed by atoms with van der Waals surface area (Å²) in [7, 11) is 0. The highest BCUT2D eigenvalue weighted by Gasteiger charge is 2.28. The Bertz CT molecular complexity index is 1200. The van der Waals surface area contributed by atoms with Crippen LogP contribution in [0.5, 0.6) is 0 Å². The average Bonchev–Trinajstić information content (AvgIpc) is 3.42. The number of hydrogen-bond acceptors (Lipinski definition) is 5. The molecule has 0 spiro atoms. The summed E-state index contributed by atoms with van der Waals surface area (Å²) in [6.07, 6.45) is 82.7.